The van der Waals surface area contributed by atoms with Crippen LogP contribution in [-0.2, 0) is 23.9 Å². The summed E-state index contributed by atoms with van der Waals surface area (Å²) in [7, 11) is 3.62. The molecule has 2 aliphatic rings. The van der Waals surface area contributed by atoms with Gasteiger partial charge >= 0.3 is 0 Å². The Hall–Kier alpha value is -3.37. The Balaban J connectivity index is 1.46. The van der Waals surface area contributed by atoms with Gasteiger partial charge in [0.05, 0.1) is 19.0 Å². The highest BCUT2D eigenvalue weighted by atomic mass is 19.3. The third-order valence-corrected chi connectivity index (χ3v) is 6.50. The van der Waals surface area contributed by atoms with Crippen LogP contribution < -0.4 is 10.2 Å². The van der Waals surface area contributed by atoms with Crippen molar-refractivity contribution in [1.82, 2.24) is 29.7 Å². The minimum atomic E-state index is -2.60. The van der Waals surface area contributed by atoms with Gasteiger partial charge in [-0.2, -0.15) is 5.10 Å². The predicted molar refractivity (Wildman–Crippen MR) is 119 cm³/mol. The lowest BCUT2D eigenvalue weighted by molar-refractivity contribution is 0.152. The van der Waals surface area contributed by atoms with E-state index in [4.69, 9.17) is 9.84 Å². The third-order valence-electron chi connectivity index (χ3n) is 6.50. The van der Waals surface area contributed by atoms with Crippen molar-refractivity contribution in [1.29, 1.82) is 0 Å². The molecular formula is C23H23F2N7O. The zero-order chi connectivity index (χ0) is 22.7. The SMILES string of the molecule is CNC1(c2cnc3ccc(N4CCCc5cc(-c6cnn(C)c6)c(C(F)F)cc54)nn23)CO1. The van der Waals surface area contributed by atoms with E-state index in [-0.39, 0.29) is 5.56 Å². The van der Waals surface area contributed by atoms with E-state index < -0.39 is 12.2 Å². The van der Waals surface area contributed by atoms with Crippen molar-refractivity contribution in [2.75, 3.05) is 25.1 Å². The second kappa shape index (κ2) is 7.32. The standard InChI is InChI=1S/C23H23F2N7O/c1-26-23(13-33-23)19-11-27-20-5-6-21(29-32(19)20)31-7-3-4-14-8-16(15-10-28-30(2)12-15)17(22(24)25)9-18(14)31/h5-6,8-12,22,26H,3-4,7,13H2,1-2H3. The van der Waals surface area contributed by atoms with Crippen molar-refractivity contribution in [3.8, 4) is 11.1 Å². The van der Waals surface area contributed by atoms with Gasteiger partial charge in [0, 0.05) is 36.6 Å². The van der Waals surface area contributed by atoms with Gasteiger partial charge in [0.2, 0.25) is 0 Å². The first-order chi connectivity index (χ1) is 16.0. The van der Waals surface area contributed by atoms with Gasteiger partial charge in [0.1, 0.15) is 5.69 Å². The second-order valence-electron chi connectivity index (χ2n) is 8.50. The van der Waals surface area contributed by atoms with E-state index in [0.29, 0.717) is 35.7 Å². The lowest BCUT2D eigenvalue weighted by atomic mass is 9.93. The molecule has 0 amide bonds. The molecule has 8 nitrogen and oxygen atoms in total. The van der Waals surface area contributed by atoms with Crippen LogP contribution in [0.2, 0.25) is 0 Å². The Morgan fingerprint density at radius 3 is 2.76 bits per heavy atom. The lowest BCUT2D eigenvalue weighted by Crippen LogP contribution is -2.29. The van der Waals surface area contributed by atoms with Gasteiger partial charge in [-0.25, -0.2) is 18.3 Å². The second-order valence-corrected chi connectivity index (χ2v) is 8.50. The Bertz CT molecular complexity index is 1360. The molecule has 4 aromatic rings. The van der Waals surface area contributed by atoms with Crippen LogP contribution in [0.1, 0.15) is 29.7 Å². The molecule has 1 unspecified atom stereocenters. The van der Waals surface area contributed by atoms with Crippen LogP contribution in [0.15, 0.2) is 42.9 Å². The van der Waals surface area contributed by atoms with Crippen molar-refractivity contribution in [3.05, 3.63) is 59.7 Å². The average molecular weight is 451 g/mol. The van der Waals surface area contributed by atoms with Crippen LogP contribution in [0.5, 0.6) is 0 Å². The number of aryl methyl sites for hydroxylation is 2. The number of alkyl halides is 2. The topological polar surface area (TPSA) is 75.8 Å². The average Bonchev–Trinajstić information content (AvgIpc) is 3.30. The maximum absolute atomic E-state index is 14.1. The van der Waals surface area contributed by atoms with E-state index >= 15 is 0 Å². The number of imidazole rings is 1. The summed E-state index contributed by atoms with van der Waals surface area (Å²) in [5.74, 6) is 0.684. The molecule has 5 heterocycles. The van der Waals surface area contributed by atoms with Gasteiger partial charge < -0.3 is 9.64 Å². The number of rotatable bonds is 5. The summed E-state index contributed by atoms with van der Waals surface area (Å²) in [6, 6.07) is 7.28. The highest BCUT2D eigenvalue weighted by molar-refractivity contribution is 5.76. The number of hydrogen-bond acceptors (Lipinski definition) is 6. The summed E-state index contributed by atoms with van der Waals surface area (Å²) in [4.78, 5) is 6.46. The van der Waals surface area contributed by atoms with Crippen LogP contribution in [0.3, 0.4) is 0 Å². The lowest BCUT2D eigenvalue weighted by Gasteiger charge is -2.31. The maximum Gasteiger partial charge on any atom is 0.264 e. The molecular weight excluding hydrogens is 428 g/mol. The number of aromatic nitrogens is 5. The van der Waals surface area contributed by atoms with Gasteiger partial charge in [0.15, 0.2) is 17.2 Å². The first-order valence-electron chi connectivity index (χ1n) is 10.9. The number of nitrogens with one attached hydrogen (secondary N) is 1. The molecule has 0 saturated carbocycles. The zero-order valence-electron chi connectivity index (χ0n) is 18.3. The van der Waals surface area contributed by atoms with Gasteiger partial charge in [-0.15, -0.1) is 5.10 Å². The Morgan fingerprint density at radius 1 is 1.21 bits per heavy atom. The fraction of sp³-hybridized carbons (Fsp3) is 0.348. The number of nitrogens with zero attached hydrogens (tertiary/aromatic N) is 6. The summed E-state index contributed by atoms with van der Waals surface area (Å²) in [5.41, 5.74) is 3.96. The molecule has 1 saturated heterocycles. The number of fused-ring (bicyclic) bond motifs is 2. The number of epoxide rings is 1. The number of anilines is 2. The Kier molecular flexibility index (Phi) is 4.49. The summed E-state index contributed by atoms with van der Waals surface area (Å²) in [6.45, 7) is 1.24. The van der Waals surface area contributed by atoms with E-state index in [1.54, 1.807) is 40.9 Å². The van der Waals surface area contributed by atoms with Crippen LogP contribution in [0, 0.1) is 0 Å². The fourth-order valence-electron chi connectivity index (χ4n) is 4.65. The highest BCUT2D eigenvalue weighted by Gasteiger charge is 2.48. The van der Waals surface area contributed by atoms with Crippen LogP contribution in [0.4, 0.5) is 20.3 Å². The van der Waals surface area contributed by atoms with Crippen molar-refractivity contribution in [2.24, 2.45) is 7.05 Å². The number of benzene rings is 1. The number of likely N-dealkylation sites (N-methyl/N-ethyl adjacent to an activating group) is 1. The van der Waals surface area contributed by atoms with Gasteiger partial charge in [0.25, 0.3) is 6.43 Å². The molecule has 1 fully saturated rings. The van der Waals surface area contributed by atoms with Crippen LogP contribution in [0.25, 0.3) is 16.8 Å². The number of halogens is 2. The van der Waals surface area contributed by atoms with E-state index in [9.17, 15) is 8.78 Å². The minimum Gasteiger partial charge on any atom is -0.347 e. The van der Waals surface area contributed by atoms with Gasteiger partial charge in [-0.3, -0.25) is 10.00 Å². The fourth-order valence-corrected chi connectivity index (χ4v) is 4.65. The molecule has 33 heavy (non-hydrogen) atoms. The van der Waals surface area contributed by atoms with Gasteiger partial charge in [-0.05, 0) is 55.3 Å². The van der Waals surface area contributed by atoms with Crippen molar-refractivity contribution in [3.63, 3.8) is 0 Å². The summed E-state index contributed by atoms with van der Waals surface area (Å²) >= 11 is 0. The summed E-state index contributed by atoms with van der Waals surface area (Å²) in [5, 5.41) is 12.2. The normalized spacial score (nSPS) is 20.0. The van der Waals surface area contributed by atoms with Crippen molar-refractivity contribution < 1.29 is 13.5 Å². The van der Waals surface area contributed by atoms with Crippen molar-refractivity contribution in [2.45, 2.75) is 25.0 Å². The molecule has 1 aromatic carbocycles. The quantitative estimate of drug-likeness (QED) is 0.468. The first-order valence-corrected chi connectivity index (χ1v) is 10.9. The number of ether oxygens (including phenoxy) is 1. The third kappa shape index (κ3) is 3.20. The Morgan fingerprint density at radius 2 is 2.06 bits per heavy atom. The smallest absolute Gasteiger partial charge is 0.264 e. The minimum absolute atomic E-state index is 0.00133. The molecule has 2 aliphatic heterocycles. The van der Waals surface area contributed by atoms with E-state index in [2.05, 4.69) is 15.4 Å². The van der Waals surface area contributed by atoms with Gasteiger partial charge in [-0.1, -0.05) is 0 Å². The van der Waals surface area contributed by atoms with Crippen LogP contribution >= 0.6 is 0 Å². The van der Waals surface area contributed by atoms with Crippen LogP contribution in [-0.4, -0.2) is 44.6 Å². The molecule has 3 aromatic heterocycles. The van der Waals surface area contributed by atoms with E-state index in [1.807, 2.05) is 30.1 Å². The largest absolute Gasteiger partial charge is 0.347 e. The molecule has 170 valence electrons. The van der Waals surface area contributed by atoms with Crippen molar-refractivity contribution >= 4 is 17.2 Å². The monoisotopic (exact) mass is 451 g/mol. The molecule has 6 rings (SSSR count). The molecule has 0 bridgehead atoms. The highest BCUT2D eigenvalue weighted by Crippen LogP contribution is 2.41. The molecule has 1 atom stereocenters. The molecule has 10 heteroatoms. The summed E-state index contributed by atoms with van der Waals surface area (Å²) in [6.07, 6.45) is 4.26. The van der Waals surface area contributed by atoms with E-state index in [1.165, 1.54) is 0 Å². The zero-order valence-corrected chi connectivity index (χ0v) is 18.3. The molecule has 0 spiro atoms. The molecule has 0 radical (unpaired) electrons. The maximum atomic E-state index is 14.1. The summed E-state index contributed by atoms with van der Waals surface area (Å²) < 4.78 is 37.3. The first kappa shape index (κ1) is 20.3. The van der Waals surface area contributed by atoms with E-state index in [0.717, 1.165) is 29.8 Å². The predicted octanol–water partition coefficient (Wildman–Crippen LogP) is 3.55. The molecule has 1 N–H and O–H groups in total. The number of hydrogen-bond donors (Lipinski definition) is 1. The Labute approximate surface area is 188 Å². The molecule has 0 aliphatic carbocycles.